The second-order valence-electron chi connectivity index (χ2n) is 7.08. The molecule has 3 aromatic rings. The lowest BCUT2D eigenvalue weighted by Gasteiger charge is -2.25. The predicted octanol–water partition coefficient (Wildman–Crippen LogP) is 7.00. The Balaban J connectivity index is 1.63. The number of ether oxygens (including phenoxy) is 2. The molecule has 0 radical (unpaired) electrons. The number of rotatable bonds is 7. The first-order valence-electron chi connectivity index (χ1n) is 9.99. The normalized spacial score (nSPS) is 15.8. The summed E-state index contributed by atoms with van der Waals surface area (Å²) in [5.74, 6) is 1.27. The number of anilines is 1. The van der Waals surface area contributed by atoms with Crippen LogP contribution in [0.4, 0.5) is 10.1 Å². The Morgan fingerprint density at radius 3 is 2.53 bits per heavy atom. The molecular formula is C24H20BrClFNO3S. The lowest BCUT2D eigenvalue weighted by atomic mass is 10.1. The predicted molar refractivity (Wildman–Crippen MR) is 130 cm³/mol. The minimum absolute atomic E-state index is 0.0352. The molecule has 1 atom stereocenters. The second kappa shape index (κ2) is 10.1. The fourth-order valence-electron chi connectivity index (χ4n) is 3.42. The topological polar surface area (TPSA) is 38.8 Å². The third-order valence-electron chi connectivity index (χ3n) is 4.89. The molecule has 4 nitrogen and oxygen atoms in total. The number of thioether (sulfide) groups is 1. The fourth-order valence-corrected chi connectivity index (χ4v) is 5.28. The average molecular weight is 537 g/mol. The Morgan fingerprint density at radius 1 is 1.12 bits per heavy atom. The maximum Gasteiger partial charge on any atom is 0.238 e. The van der Waals surface area contributed by atoms with Gasteiger partial charge in [-0.25, -0.2) is 4.39 Å². The molecule has 4 rings (SSSR count). The van der Waals surface area contributed by atoms with Gasteiger partial charge in [0, 0.05) is 10.7 Å². The van der Waals surface area contributed by atoms with E-state index < -0.39 is 0 Å². The van der Waals surface area contributed by atoms with E-state index in [0.29, 0.717) is 28.9 Å². The van der Waals surface area contributed by atoms with Crippen molar-refractivity contribution >= 4 is 50.9 Å². The van der Waals surface area contributed by atoms with E-state index in [-0.39, 0.29) is 23.7 Å². The van der Waals surface area contributed by atoms with Crippen LogP contribution in [0.2, 0.25) is 5.02 Å². The molecule has 0 aromatic heterocycles. The summed E-state index contributed by atoms with van der Waals surface area (Å²) in [4.78, 5) is 14.4. The Bertz CT molecular complexity index is 1110. The van der Waals surface area contributed by atoms with Crippen LogP contribution in [0.3, 0.4) is 0 Å². The van der Waals surface area contributed by atoms with Gasteiger partial charge in [0.25, 0.3) is 0 Å². The largest absolute Gasteiger partial charge is 0.490 e. The van der Waals surface area contributed by atoms with Crippen molar-refractivity contribution in [2.75, 3.05) is 17.3 Å². The van der Waals surface area contributed by atoms with Crippen LogP contribution in [0.25, 0.3) is 0 Å². The molecule has 0 unspecified atom stereocenters. The third kappa shape index (κ3) is 5.05. The van der Waals surface area contributed by atoms with Crippen LogP contribution in [0.5, 0.6) is 11.5 Å². The van der Waals surface area contributed by atoms with E-state index in [1.165, 1.54) is 12.1 Å². The first-order chi connectivity index (χ1) is 15.5. The molecular weight excluding hydrogens is 517 g/mol. The third-order valence-corrected chi connectivity index (χ3v) is 6.94. The van der Waals surface area contributed by atoms with Gasteiger partial charge in [0.15, 0.2) is 11.5 Å². The molecule has 0 spiro atoms. The van der Waals surface area contributed by atoms with Crippen molar-refractivity contribution in [3.05, 3.63) is 87.1 Å². The highest BCUT2D eigenvalue weighted by molar-refractivity contribution is 9.10. The number of amides is 1. The minimum atomic E-state index is -0.289. The molecule has 0 bridgehead atoms. The monoisotopic (exact) mass is 535 g/mol. The summed E-state index contributed by atoms with van der Waals surface area (Å²) in [6.45, 7) is 2.63. The van der Waals surface area contributed by atoms with Crippen LogP contribution in [0, 0.1) is 5.82 Å². The quantitative estimate of drug-likeness (QED) is 0.326. The van der Waals surface area contributed by atoms with Crippen LogP contribution in [-0.4, -0.2) is 18.3 Å². The van der Waals surface area contributed by atoms with Crippen LogP contribution in [0.1, 0.15) is 23.4 Å². The fraction of sp³-hybridized carbons (Fsp3) is 0.208. The average Bonchev–Trinajstić information content (AvgIpc) is 3.16. The van der Waals surface area contributed by atoms with E-state index in [4.69, 9.17) is 21.1 Å². The van der Waals surface area contributed by atoms with Crippen molar-refractivity contribution in [1.29, 1.82) is 0 Å². The maximum absolute atomic E-state index is 13.2. The SMILES string of the molecule is CCOc1cc([C@@H]2SCC(=O)N2c2ccc(Cl)cc2)cc(Br)c1OCc1ccc(F)cc1. The minimum Gasteiger partial charge on any atom is -0.490 e. The van der Waals surface area contributed by atoms with Gasteiger partial charge < -0.3 is 9.47 Å². The number of carbonyl (C=O) groups excluding carboxylic acids is 1. The van der Waals surface area contributed by atoms with Crippen LogP contribution >= 0.6 is 39.3 Å². The van der Waals surface area contributed by atoms with E-state index >= 15 is 0 Å². The Labute approximate surface area is 203 Å². The Morgan fingerprint density at radius 2 is 1.84 bits per heavy atom. The molecule has 1 amide bonds. The van der Waals surface area contributed by atoms with Crippen LogP contribution < -0.4 is 14.4 Å². The standard InChI is InChI=1S/C24H20BrClFNO3S/c1-2-30-21-12-16(11-20(25)23(21)31-13-15-3-7-18(27)8-4-15)24-28(22(29)14-32-24)19-9-5-17(26)6-10-19/h3-12,24H,2,13-14H2,1H3/t24-/m0/s1. The van der Waals surface area contributed by atoms with Gasteiger partial charge in [-0.15, -0.1) is 11.8 Å². The van der Waals surface area contributed by atoms with E-state index in [2.05, 4.69) is 15.9 Å². The van der Waals surface area contributed by atoms with Gasteiger partial charge in [-0.1, -0.05) is 23.7 Å². The molecule has 1 fully saturated rings. The van der Waals surface area contributed by atoms with Crippen molar-refractivity contribution in [3.8, 4) is 11.5 Å². The summed E-state index contributed by atoms with van der Waals surface area (Å²) in [5.41, 5.74) is 2.55. The molecule has 3 aromatic carbocycles. The molecule has 1 aliphatic heterocycles. The van der Waals surface area contributed by atoms with Crippen molar-refractivity contribution in [1.82, 2.24) is 0 Å². The Kier molecular flexibility index (Phi) is 7.28. The van der Waals surface area contributed by atoms with Crippen molar-refractivity contribution in [2.45, 2.75) is 18.9 Å². The molecule has 8 heteroatoms. The lowest BCUT2D eigenvalue weighted by molar-refractivity contribution is -0.115. The van der Waals surface area contributed by atoms with E-state index in [1.54, 1.807) is 40.9 Å². The van der Waals surface area contributed by atoms with Crippen LogP contribution in [0.15, 0.2) is 65.1 Å². The zero-order valence-corrected chi connectivity index (χ0v) is 20.3. The number of nitrogens with zero attached hydrogens (tertiary/aromatic N) is 1. The maximum atomic E-state index is 13.2. The highest BCUT2D eigenvalue weighted by Gasteiger charge is 2.35. The van der Waals surface area contributed by atoms with Gasteiger partial charge in [-0.05, 0) is 82.5 Å². The molecule has 166 valence electrons. The van der Waals surface area contributed by atoms with Crippen molar-refractivity contribution in [2.24, 2.45) is 0 Å². The first kappa shape index (κ1) is 23.0. The summed E-state index contributed by atoms with van der Waals surface area (Å²) < 4.78 is 25.8. The number of carbonyl (C=O) groups is 1. The van der Waals surface area contributed by atoms with Gasteiger partial charge in [-0.2, -0.15) is 0 Å². The van der Waals surface area contributed by atoms with Gasteiger partial charge in [0.2, 0.25) is 5.91 Å². The summed E-state index contributed by atoms with van der Waals surface area (Å²) in [6, 6.07) is 17.3. The molecule has 0 saturated carbocycles. The van der Waals surface area contributed by atoms with E-state index in [0.717, 1.165) is 21.3 Å². The molecule has 0 N–H and O–H groups in total. The summed E-state index contributed by atoms with van der Waals surface area (Å²) in [7, 11) is 0. The van der Waals surface area contributed by atoms with Gasteiger partial charge in [0.1, 0.15) is 17.8 Å². The number of halogens is 3. The van der Waals surface area contributed by atoms with Crippen molar-refractivity contribution in [3.63, 3.8) is 0 Å². The molecule has 32 heavy (non-hydrogen) atoms. The van der Waals surface area contributed by atoms with Crippen LogP contribution in [-0.2, 0) is 11.4 Å². The second-order valence-corrected chi connectivity index (χ2v) is 9.44. The molecule has 1 heterocycles. The summed E-state index contributed by atoms with van der Waals surface area (Å²) in [5, 5.41) is 0.416. The van der Waals surface area contributed by atoms with Gasteiger partial charge >= 0.3 is 0 Å². The van der Waals surface area contributed by atoms with E-state index in [9.17, 15) is 9.18 Å². The zero-order valence-electron chi connectivity index (χ0n) is 17.2. The number of hydrogen-bond acceptors (Lipinski definition) is 4. The van der Waals surface area contributed by atoms with Gasteiger partial charge in [0.05, 0.1) is 16.8 Å². The summed E-state index contributed by atoms with van der Waals surface area (Å²) in [6.07, 6.45) is 0. The highest BCUT2D eigenvalue weighted by atomic mass is 79.9. The highest BCUT2D eigenvalue weighted by Crippen LogP contribution is 2.46. The smallest absolute Gasteiger partial charge is 0.238 e. The van der Waals surface area contributed by atoms with Gasteiger partial charge in [-0.3, -0.25) is 9.69 Å². The first-order valence-corrected chi connectivity index (χ1v) is 12.2. The molecule has 0 aliphatic carbocycles. The summed E-state index contributed by atoms with van der Waals surface area (Å²) >= 11 is 11.2. The molecule has 1 aliphatic rings. The Hall–Kier alpha value is -2.22. The molecule has 1 saturated heterocycles. The zero-order chi connectivity index (χ0) is 22.7. The lowest BCUT2D eigenvalue weighted by Crippen LogP contribution is -2.27. The number of hydrogen-bond donors (Lipinski definition) is 0. The van der Waals surface area contributed by atoms with E-state index in [1.807, 2.05) is 31.2 Å². The number of benzene rings is 3. The van der Waals surface area contributed by atoms with Crippen molar-refractivity contribution < 1.29 is 18.7 Å².